The molecule has 0 bridgehead atoms. The van der Waals surface area contributed by atoms with Crippen LogP contribution in [-0.2, 0) is 22.4 Å². The van der Waals surface area contributed by atoms with Crippen LogP contribution in [0.4, 0.5) is 0 Å². The number of hydrogen-bond acceptors (Lipinski definition) is 8. The maximum Gasteiger partial charge on any atom is 0.341 e. The van der Waals surface area contributed by atoms with Crippen LogP contribution >= 0.6 is 0 Å². The maximum atomic E-state index is 12.5. The zero-order valence-electron chi connectivity index (χ0n) is 17.4. The van der Waals surface area contributed by atoms with Gasteiger partial charge in [0, 0.05) is 12.8 Å². The van der Waals surface area contributed by atoms with Crippen LogP contribution in [0.5, 0.6) is 23.0 Å². The molecule has 0 unspecified atom stereocenters. The van der Waals surface area contributed by atoms with Gasteiger partial charge in [-0.3, -0.25) is 0 Å². The Morgan fingerprint density at radius 2 is 1.27 bits per heavy atom. The zero-order chi connectivity index (χ0) is 21.9. The Morgan fingerprint density at radius 1 is 0.800 bits per heavy atom. The summed E-state index contributed by atoms with van der Waals surface area (Å²) in [6.45, 7) is -0.329. The van der Waals surface area contributed by atoms with Crippen molar-refractivity contribution in [3.63, 3.8) is 0 Å². The molecule has 2 N–H and O–H groups in total. The van der Waals surface area contributed by atoms with Crippen LogP contribution in [0.15, 0.2) is 36.4 Å². The van der Waals surface area contributed by atoms with E-state index in [9.17, 15) is 15.0 Å². The molecule has 1 heterocycles. The molecule has 1 aliphatic rings. The zero-order valence-corrected chi connectivity index (χ0v) is 17.4. The fraction of sp³-hybridized carbons (Fsp3) is 0.409. The quantitative estimate of drug-likeness (QED) is 0.622. The third-order valence-electron chi connectivity index (χ3n) is 5.40. The summed E-state index contributed by atoms with van der Waals surface area (Å²) >= 11 is 0. The Hall–Kier alpha value is -2.97. The van der Waals surface area contributed by atoms with Crippen molar-refractivity contribution in [1.82, 2.24) is 0 Å². The third kappa shape index (κ3) is 3.76. The summed E-state index contributed by atoms with van der Waals surface area (Å²) in [6.07, 6.45) is -0.182. The molecule has 30 heavy (non-hydrogen) atoms. The first-order valence-corrected chi connectivity index (χ1v) is 9.34. The largest absolute Gasteiger partial charge is 0.493 e. The van der Waals surface area contributed by atoms with Gasteiger partial charge in [-0.15, -0.1) is 0 Å². The molecule has 162 valence electrons. The first-order valence-electron chi connectivity index (χ1n) is 9.34. The summed E-state index contributed by atoms with van der Waals surface area (Å²) in [5.74, 6) is 1.11. The number of aliphatic hydroxyl groups is 2. The van der Waals surface area contributed by atoms with Gasteiger partial charge >= 0.3 is 5.97 Å². The molecule has 2 aromatic rings. The topological polar surface area (TPSA) is 104 Å². The van der Waals surface area contributed by atoms with Gasteiger partial charge in [0.15, 0.2) is 28.6 Å². The van der Waals surface area contributed by atoms with E-state index in [4.69, 9.17) is 23.7 Å². The molecular formula is C22H26O8. The lowest BCUT2D eigenvalue weighted by Gasteiger charge is -2.34. The van der Waals surface area contributed by atoms with Crippen LogP contribution in [0.2, 0.25) is 0 Å². The van der Waals surface area contributed by atoms with Crippen molar-refractivity contribution >= 4 is 5.97 Å². The number of carbonyl (C=O) groups is 1. The summed E-state index contributed by atoms with van der Waals surface area (Å²) in [5, 5.41) is 22.5. The second-order valence-electron chi connectivity index (χ2n) is 7.20. The highest BCUT2D eigenvalue weighted by Crippen LogP contribution is 2.39. The molecule has 0 spiro atoms. The Balaban J connectivity index is 1.92. The van der Waals surface area contributed by atoms with Crippen LogP contribution in [0, 0.1) is 0 Å². The van der Waals surface area contributed by atoms with E-state index in [0.29, 0.717) is 34.1 Å². The Morgan fingerprint density at radius 3 is 1.73 bits per heavy atom. The first-order chi connectivity index (χ1) is 14.3. The molecule has 0 aromatic heterocycles. The molecule has 0 aliphatic carbocycles. The third-order valence-corrected chi connectivity index (χ3v) is 5.40. The second kappa shape index (κ2) is 8.41. The van der Waals surface area contributed by atoms with Crippen molar-refractivity contribution in [3.05, 3.63) is 47.5 Å². The molecule has 3 rings (SSSR count). The van der Waals surface area contributed by atoms with Crippen molar-refractivity contribution in [2.45, 2.75) is 24.0 Å². The molecule has 1 saturated heterocycles. The van der Waals surface area contributed by atoms with E-state index >= 15 is 0 Å². The molecule has 2 aromatic carbocycles. The Kier molecular flexibility index (Phi) is 6.09. The van der Waals surface area contributed by atoms with Crippen molar-refractivity contribution < 1.29 is 38.7 Å². The standard InChI is InChI=1S/C22H26O8/c1-26-16-7-5-14(9-18(16)28-3)11-21(24)13-30-20(23)22(21,25)12-15-6-8-17(27-2)19(10-15)29-4/h5-10,24-25H,11-13H2,1-4H3/t21-,22+/m1/s1. The van der Waals surface area contributed by atoms with E-state index in [1.807, 2.05) is 0 Å². The normalized spacial score (nSPS) is 23.1. The number of esters is 1. The van der Waals surface area contributed by atoms with Crippen LogP contribution in [0.1, 0.15) is 11.1 Å². The van der Waals surface area contributed by atoms with Crippen LogP contribution in [0.3, 0.4) is 0 Å². The molecule has 2 atom stereocenters. The van der Waals surface area contributed by atoms with E-state index < -0.39 is 17.2 Å². The molecular weight excluding hydrogens is 392 g/mol. The van der Waals surface area contributed by atoms with Gasteiger partial charge in [0.2, 0.25) is 0 Å². The lowest BCUT2D eigenvalue weighted by atomic mass is 9.77. The number of carbonyl (C=O) groups excluding carboxylic acids is 1. The minimum Gasteiger partial charge on any atom is -0.493 e. The van der Waals surface area contributed by atoms with Gasteiger partial charge in [0.25, 0.3) is 0 Å². The smallest absolute Gasteiger partial charge is 0.341 e. The van der Waals surface area contributed by atoms with Gasteiger partial charge in [0.1, 0.15) is 12.2 Å². The number of benzene rings is 2. The maximum absolute atomic E-state index is 12.5. The summed E-state index contributed by atoms with van der Waals surface area (Å²) in [6, 6.07) is 10.1. The highest BCUT2D eigenvalue weighted by atomic mass is 16.6. The van der Waals surface area contributed by atoms with Crippen molar-refractivity contribution in [2.75, 3.05) is 35.0 Å². The molecule has 0 radical (unpaired) electrons. The number of hydrogen-bond donors (Lipinski definition) is 2. The van der Waals surface area contributed by atoms with Gasteiger partial charge in [-0.05, 0) is 35.4 Å². The van der Waals surface area contributed by atoms with Crippen LogP contribution < -0.4 is 18.9 Å². The minimum atomic E-state index is -2.14. The highest BCUT2D eigenvalue weighted by molar-refractivity contribution is 5.84. The van der Waals surface area contributed by atoms with Gasteiger partial charge in [-0.25, -0.2) is 4.79 Å². The van der Waals surface area contributed by atoms with Gasteiger partial charge < -0.3 is 33.9 Å². The molecule has 8 nitrogen and oxygen atoms in total. The fourth-order valence-corrected chi connectivity index (χ4v) is 3.66. The number of cyclic esters (lactones) is 1. The van der Waals surface area contributed by atoms with Crippen molar-refractivity contribution in [2.24, 2.45) is 0 Å². The summed E-state index contributed by atoms with van der Waals surface area (Å²) in [5.41, 5.74) is -2.74. The Labute approximate surface area is 174 Å². The summed E-state index contributed by atoms with van der Waals surface area (Å²) < 4.78 is 26.1. The SMILES string of the molecule is COc1ccc(C[C@@]2(O)COC(=O)[C@@]2(O)Cc2ccc(OC)c(OC)c2)cc1OC. The van der Waals surface area contributed by atoms with E-state index in [2.05, 4.69) is 0 Å². The predicted molar refractivity (Wildman–Crippen MR) is 107 cm³/mol. The number of rotatable bonds is 8. The number of methoxy groups -OCH3 is 4. The van der Waals surface area contributed by atoms with Crippen molar-refractivity contribution in [3.8, 4) is 23.0 Å². The molecule has 0 saturated carbocycles. The van der Waals surface area contributed by atoms with Gasteiger partial charge in [-0.1, -0.05) is 12.1 Å². The van der Waals surface area contributed by atoms with Crippen LogP contribution in [0.25, 0.3) is 0 Å². The summed E-state index contributed by atoms with van der Waals surface area (Å²) in [4.78, 5) is 12.5. The predicted octanol–water partition coefficient (Wildman–Crippen LogP) is 1.53. The van der Waals surface area contributed by atoms with Crippen LogP contribution in [-0.4, -0.2) is 62.4 Å². The number of ether oxygens (including phenoxy) is 5. The van der Waals surface area contributed by atoms with Gasteiger partial charge in [-0.2, -0.15) is 0 Å². The van der Waals surface area contributed by atoms with E-state index in [1.54, 1.807) is 36.4 Å². The van der Waals surface area contributed by atoms with E-state index in [1.165, 1.54) is 28.4 Å². The van der Waals surface area contributed by atoms with E-state index in [0.717, 1.165) is 0 Å². The summed E-state index contributed by atoms with van der Waals surface area (Å²) in [7, 11) is 6.04. The average molecular weight is 418 g/mol. The van der Waals surface area contributed by atoms with Crippen molar-refractivity contribution in [1.29, 1.82) is 0 Å². The lowest BCUT2D eigenvalue weighted by molar-refractivity contribution is -0.163. The fourth-order valence-electron chi connectivity index (χ4n) is 3.66. The molecule has 0 amide bonds. The first kappa shape index (κ1) is 21.7. The molecule has 1 fully saturated rings. The Bertz CT molecular complexity index is 927. The second-order valence-corrected chi connectivity index (χ2v) is 7.20. The lowest BCUT2D eigenvalue weighted by Crippen LogP contribution is -2.58. The van der Waals surface area contributed by atoms with Gasteiger partial charge in [0.05, 0.1) is 28.4 Å². The molecule has 8 heteroatoms. The van der Waals surface area contributed by atoms with E-state index in [-0.39, 0.29) is 19.4 Å². The minimum absolute atomic E-state index is 0.0249. The highest BCUT2D eigenvalue weighted by Gasteiger charge is 2.61. The monoisotopic (exact) mass is 418 g/mol. The average Bonchev–Trinajstić information content (AvgIpc) is 2.97. The molecule has 1 aliphatic heterocycles.